The summed E-state index contributed by atoms with van der Waals surface area (Å²) in [6, 6.07) is 11.3. The van der Waals surface area contributed by atoms with Crippen molar-refractivity contribution in [1.29, 1.82) is 0 Å². The second-order valence-electron chi connectivity index (χ2n) is 5.37. The van der Waals surface area contributed by atoms with Crippen molar-refractivity contribution in [3.8, 4) is 0 Å². The third-order valence-corrected chi connectivity index (χ3v) is 3.72. The molecule has 0 saturated carbocycles. The zero-order valence-electron chi connectivity index (χ0n) is 12.8. The standard InChI is InChI=1S/C17H12F2N6/c18-11-6-13-14(7-12(11)19)23-15(8-20-13)24-16(17-21-9-22-25-17)10-4-2-1-3-5-10/h1-9,16H,(H,23,24)(H,21,22,25). The van der Waals surface area contributed by atoms with Gasteiger partial charge in [0.2, 0.25) is 0 Å². The zero-order chi connectivity index (χ0) is 17.2. The summed E-state index contributed by atoms with van der Waals surface area (Å²) in [6.07, 6.45) is 2.88. The third kappa shape index (κ3) is 3.01. The van der Waals surface area contributed by atoms with Gasteiger partial charge in [0.15, 0.2) is 17.5 Å². The molecule has 0 aliphatic heterocycles. The Hall–Kier alpha value is -3.42. The summed E-state index contributed by atoms with van der Waals surface area (Å²) >= 11 is 0. The highest BCUT2D eigenvalue weighted by Crippen LogP contribution is 2.24. The van der Waals surface area contributed by atoms with Crippen LogP contribution in [0.2, 0.25) is 0 Å². The molecule has 8 heteroatoms. The number of hydrogen-bond donors (Lipinski definition) is 2. The van der Waals surface area contributed by atoms with Crippen molar-refractivity contribution < 1.29 is 8.78 Å². The topological polar surface area (TPSA) is 79.4 Å². The molecule has 0 saturated heterocycles. The fourth-order valence-corrected chi connectivity index (χ4v) is 2.53. The van der Waals surface area contributed by atoms with E-state index in [1.54, 1.807) is 0 Å². The van der Waals surface area contributed by atoms with Crippen LogP contribution in [0, 0.1) is 11.6 Å². The van der Waals surface area contributed by atoms with Gasteiger partial charge in [-0.05, 0) is 5.56 Å². The van der Waals surface area contributed by atoms with Crippen LogP contribution < -0.4 is 5.32 Å². The van der Waals surface area contributed by atoms with E-state index >= 15 is 0 Å². The highest BCUT2D eigenvalue weighted by Gasteiger charge is 2.18. The zero-order valence-corrected chi connectivity index (χ0v) is 12.8. The monoisotopic (exact) mass is 338 g/mol. The quantitative estimate of drug-likeness (QED) is 0.597. The Kier molecular flexibility index (Phi) is 3.77. The first kappa shape index (κ1) is 15.1. The fourth-order valence-electron chi connectivity index (χ4n) is 2.53. The number of benzene rings is 2. The molecular weight excluding hydrogens is 326 g/mol. The van der Waals surface area contributed by atoms with Crippen LogP contribution >= 0.6 is 0 Å². The van der Waals surface area contributed by atoms with Gasteiger partial charge < -0.3 is 5.32 Å². The summed E-state index contributed by atoms with van der Waals surface area (Å²) in [4.78, 5) is 12.6. The van der Waals surface area contributed by atoms with E-state index in [4.69, 9.17) is 0 Å². The van der Waals surface area contributed by atoms with Crippen molar-refractivity contribution in [3.63, 3.8) is 0 Å². The van der Waals surface area contributed by atoms with Crippen molar-refractivity contribution in [2.45, 2.75) is 6.04 Å². The van der Waals surface area contributed by atoms with E-state index in [1.165, 1.54) is 12.5 Å². The van der Waals surface area contributed by atoms with Crippen LogP contribution in [-0.2, 0) is 0 Å². The molecule has 2 N–H and O–H groups in total. The predicted octanol–water partition coefficient (Wildman–Crippen LogP) is 3.23. The van der Waals surface area contributed by atoms with Crippen LogP contribution in [0.4, 0.5) is 14.6 Å². The van der Waals surface area contributed by atoms with Gasteiger partial charge in [0, 0.05) is 12.1 Å². The molecule has 1 atom stereocenters. The molecule has 2 aromatic heterocycles. The highest BCUT2D eigenvalue weighted by molar-refractivity contribution is 5.75. The number of anilines is 1. The lowest BCUT2D eigenvalue weighted by molar-refractivity contribution is 0.510. The lowest BCUT2D eigenvalue weighted by Crippen LogP contribution is -2.15. The van der Waals surface area contributed by atoms with Gasteiger partial charge in [-0.2, -0.15) is 5.10 Å². The SMILES string of the molecule is Fc1cc2ncc(NC(c3ccccc3)c3ncn[nH]3)nc2cc1F. The second kappa shape index (κ2) is 6.23. The van der Waals surface area contributed by atoms with Gasteiger partial charge in [-0.1, -0.05) is 30.3 Å². The molecule has 0 radical (unpaired) electrons. The van der Waals surface area contributed by atoms with Gasteiger partial charge in [-0.15, -0.1) is 0 Å². The molecule has 0 fully saturated rings. The van der Waals surface area contributed by atoms with Gasteiger partial charge in [0.1, 0.15) is 18.2 Å². The van der Waals surface area contributed by atoms with E-state index in [-0.39, 0.29) is 17.1 Å². The summed E-state index contributed by atoms with van der Waals surface area (Å²) in [5.74, 6) is -0.915. The molecule has 2 aromatic carbocycles. The summed E-state index contributed by atoms with van der Waals surface area (Å²) in [5, 5.41) is 9.91. The molecule has 1 unspecified atom stereocenters. The van der Waals surface area contributed by atoms with Crippen molar-refractivity contribution in [2.75, 3.05) is 5.32 Å². The first-order chi connectivity index (χ1) is 12.2. The number of halogens is 2. The Morgan fingerprint density at radius 3 is 2.44 bits per heavy atom. The number of fused-ring (bicyclic) bond motifs is 1. The van der Waals surface area contributed by atoms with E-state index in [0.29, 0.717) is 11.6 Å². The number of aromatic nitrogens is 5. The molecule has 4 aromatic rings. The fraction of sp³-hybridized carbons (Fsp3) is 0.0588. The predicted molar refractivity (Wildman–Crippen MR) is 87.7 cm³/mol. The second-order valence-corrected chi connectivity index (χ2v) is 5.37. The molecule has 0 amide bonds. The molecular formula is C17H12F2N6. The Morgan fingerprint density at radius 1 is 0.960 bits per heavy atom. The van der Waals surface area contributed by atoms with Crippen LogP contribution in [0.5, 0.6) is 0 Å². The first-order valence-electron chi connectivity index (χ1n) is 7.49. The largest absolute Gasteiger partial charge is 0.355 e. The molecule has 0 bridgehead atoms. The molecule has 0 aliphatic rings. The number of aromatic amines is 1. The minimum Gasteiger partial charge on any atom is -0.355 e. The maximum atomic E-state index is 13.4. The molecule has 0 aliphatic carbocycles. The number of nitrogens with zero attached hydrogens (tertiary/aromatic N) is 4. The average molecular weight is 338 g/mol. The Labute approximate surface area is 141 Å². The van der Waals surface area contributed by atoms with Gasteiger partial charge in [-0.25, -0.2) is 18.7 Å². The van der Waals surface area contributed by atoms with Crippen LogP contribution in [0.15, 0.2) is 55.0 Å². The van der Waals surface area contributed by atoms with E-state index in [0.717, 1.165) is 17.7 Å². The first-order valence-corrected chi connectivity index (χ1v) is 7.49. The molecule has 6 nitrogen and oxygen atoms in total. The van der Waals surface area contributed by atoms with Gasteiger partial charge in [0.05, 0.1) is 17.2 Å². The molecule has 124 valence electrons. The number of hydrogen-bond acceptors (Lipinski definition) is 5. The summed E-state index contributed by atoms with van der Waals surface area (Å²) in [7, 11) is 0. The lowest BCUT2D eigenvalue weighted by Gasteiger charge is -2.17. The van der Waals surface area contributed by atoms with Crippen molar-refractivity contribution >= 4 is 16.9 Å². The lowest BCUT2D eigenvalue weighted by atomic mass is 10.1. The Bertz CT molecular complexity index is 1000. The van der Waals surface area contributed by atoms with E-state index < -0.39 is 11.6 Å². The van der Waals surface area contributed by atoms with Crippen LogP contribution in [0.1, 0.15) is 17.4 Å². The molecule has 0 spiro atoms. The summed E-state index contributed by atoms with van der Waals surface area (Å²) in [6.45, 7) is 0. The van der Waals surface area contributed by atoms with Gasteiger partial charge in [0.25, 0.3) is 0 Å². The van der Waals surface area contributed by atoms with E-state index in [9.17, 15) is 8.78 Å². The van der Waals surface area contributed by atoms with Crippen LogP contribution in [0.25, 0.3) is 11.0 Å². The molecule has 4 rings (SSSR count). The molecule has 25 heavy (non-hydrogen) atoms. The third-order valence-electron chi connectivity index (χ3n) is 3.72. The normalized spacial score (nSPS) is 12.2. The minimum absolute atomic E-state index is 0.258. The number of H-pyrrole nitrogens is 1. The van der Waals surface area contributed by atoms with Crippen molar-refractivity contribution in [1.82, 2.24) is 25.1 Å². The smallest absolute Gasteiger partial charge is 0.161 e. The van der Waals surface area contributed by atoms with Gasteiger partial charge in [-0.3, -0.25) is 10.1 Å². The Balaban J connectivity index is 1.73. The van der Waals surface area contributed by atoms with E-state index in [2.05, 4.69) is 30.5 Å². The van der Waals surface area contributed by atoms with Crippen LogP contribution in [-0.4, -0.2) is 25.1 Å². The van der Waals surface area contributed by atoms with E-state index in [1.807, 2.05) is 30.3 Å². The summed E-state index contributed by atoms with van der Waals surface area (Å²) < 4.78 is 26.7. The van der Waals surface area contributed by atoms with Crippen LogP contribution in [0.3, 0.4) is 0 Å². The Morgan fingerprint density at radius 2 is 1.72 bits per heavy atom. The number of nitrogens with one attached hydrogen (secondary N) is 2. The number of rotatable bonds is 4. The molecule has 2 heterocycles. The maximum Gasteiger partial charge on any atom is 0.161 e. The van der Waals surface area contributed by atoms with Gasteiger partial charge >= 0.3 is 0 Å². The minimum atomic E-state index is -0.964. The maximum absolute atomic E-state index is 13.4. The van der Waals surface area contributed by atoms with Crippen molar-refractivity contribution in [3.05, 3.63) is 78.0 Å². The summed E-state index contributed by atoms with van der Waals surface area (Å²) in [5.41, 5.74) is 1.47. The highest BCUT2D eigenvalue weighted by atomic mass is 19.2. The average Bonchev–Trinajstić information content (AvgIpc) is 3.16. The van der Waals surface area contributed by atoms with Crippen molar-refractivity contribution in [2.24, 2.45) is 0 Å².